The summed E-state index contributed by atoms with van der Waals surface area (Å²) in [7, 11) is 0. The maximum absolute atomic E-state index is 12.4. The monoisotopic (exact) mass is 337 g/mol. The molecule has 2 amide bonds. The van der Waals surface area contributed by atoms with Gasteiger partial charge in [0.15, 0.2) is 0 Å². The van der Waals surface area contributed by atoms with Crippen molar-refractivity contribution in [1.82, 2.24) is 10.2 Å². The number of amides is 2. The second kappa shape index (κ2) is 6.67. The van der Waals surface area contributed by atoms with Gasteiger partial charge < -0.3 is 19.8 Å². The van der Waals surface area contributed by atoms with E-state index in [1.54, 1.807) is 23.2 Å². The third-order valence-electron chi connectivity index (χ3n) is 3.91. The lowest BCUT2D eigenvalue weighted by Gasteiger charge is -2.27. The van der Waals surface area contributed by atoms with Crippen LogP contribution in [-0.2, 0) is 19.2 Å². The Hall–Kier alpha value is -1.93. The molecule has 0 radical (unpaired) electrons. The van der Waals surface area contributed by atoms with Crippen molar-refractivity contribution in [2.75, 3.05) is 32.8 Å². The van der Waals surface area contributed by atoms with Crippen LogP contribution in [0.4, 0.5) is 0 Å². The molecule has 1 fully saturated rings. The lowest BCUT2D eigenvalue weighted by atomic mass is 9.98. The maximum Gasteiger partial charge on any atom is 0.267 e. The first-order chi connectivity index (χ1) is 11.1. The van der Waals surface area contributed by atoms with Gasteiger partial charge in [0.1, 0.15) is 5.71 Å². The molecule has 3 rings (SSSR count). The van der Waals surface area contributed by atoms with E-state index in [0.717, 1.165) is 10.6 Å². The number of oxime groups is 1. The van der Waals surface area contributed by atoms with E-state index in [-0.39, 0.29) is 18.4 Å². The predicted octanol–water partition coefficient (Wildman–Crippen LogP) is 0.606. The van der Waals surface area contributed by atoms with Gasteiger partial charge in [-0.25, -0.2) is 0 Å². The lowest BCUT2D eigenvalue weighted by molar-refractivity contribution is -0.144. The molecule has 1 aromatic heterocycles. The fraction of sp³-hybridized carbons (Fsp3) is 0.533. The third kappa shape index (κ3) is 3.53. The van der Waals surface area contributed by atoms with E-state index in [9.17, 15) is 9.59 Å². The number of nitrogens with one attached hydrogen (secondary N) is 1. The van der Waals surface area contributed by atoms with Crippen molar-refractivity contribution in [3.63, 3.8) is 0 Å². The molecule has 1 saturated heterocycles. The zero-order chi connectivity index (χ0) is 16.3. The largest absolute Gasteiger partial charge is 0.379 e. The average Bonchev–Trinajstić information content (AvgIpc) is 3.23. The van der Waals surface area contributed by atoms with Gasteiger partial charge in [0.2, 0.25) is 11.5 Å². The van der Waals surface area contributed by atoms with E-state index < -0.39 is 5.60 Å². The van der Waals surface area contributed by atoms with Crippen molar-refractivity contribution in [3.8, 4) is 0 Å². The highest BCUT2D eigenvalue weighted by Crippen LogP contribution is 2.28. The summed E-state index contributed by atoms with van der Waals surface area (Å²) in [5, 5.41) is 8.64. The zero-order valence-electron chi connectivity index (χ0n) is 12.9. The highest BCUT2D eigenvalue weighted by Gasteiger charge is 2.42. The third-order valence-corrected chi connectivity index (χ3v) is 4.83. The van der Waals surface area contributed by atoms with Gasteiger partial charge in [-0.2, -0.15) is 0 Å². The molecule has 2 aliphatic heterocycles. The summed E-state index contributed by atoms with van der Waals surface area (Å²) in [6.07, 6.45) is 0.394. The number of hydrogen-bond donors (Lipinski definition) is 1. The van der Waals surface area contributed by atoms with Crippen LogP contribution in [0.25, 0.3) is 0 Å². The van der Waals surface area contributed by atoms with E-state index in [2.05, 4.69) is 10.5 Å². The van der Waals surface area contributed by atoms with E-state index in [1.807, 2.05) is 17.5 Å². The van der Waals surface area contributed by atoms with Crippen LogP contribution in [0, 0.1) is 0 Å². The Bertz CT molecular complexity index is 610. The van der Waals surface area contributed by atoms with E-state index in [1.165, 1.54) is 0 Å². The maximum atomic E-state index is 12.4. The van der Waals surface area contributed by atoms with E-state index in [0.29, 0.717) is 32.7 Å². The molecule has 0 aliphatic carbocycles. The van der Waals surface area contributed by atoms with E-state index in [4.69, 9.17) is 9.57 Å². The Balaban J connectivity index is 1.51. The Morgan fingerprint density at radius 1 is 1.43 bits per heavy atom. The second-order valence-electron chi connectivity index (χ2n) is 5.69. The molecule has 23 heavy (non-hydrogen) atoms. The van der Waals surface area contributed by atoms with Crippen LogP contribution in [0.2, 0.25) is 0 Å². The molecular formula is C15H19N3O4S. The Morgan fingerprint density at radius 2 is 2.22 bits per heavy atom. The van der Waals surface area contributed by atoms with E-state index >= 15 is 0 Å². The minimum absolute atomic E-state index is 0.0356. The minimum atomic E-state index is -1.06. The smallest absolute Gasteiger partial charge is 0.267 e. The summed E-state index contributed by atoms with van der Waals surface area (Å²) in [4.78, 5) is 32.5. The molecule has 8 heteroatoms. The van der Waals surface area contributed by atoms with Crippen molar-refractivity contribution in [1.29, 1.82) is 0 Å². The van der Waals surface area contributed by atoms with Crippen molar-refractivity contribution in [2.45, 2.75) is 18.9 Å². The van der Waals surface area contributed by atoms with Crippen molar-refractivity contribution in [3.05, 3.63) is 22.4 Å². The standard InChI is InChI=1S/C15H19N3O4S/c1-15(9-11(17-22-15)12-3-2-8-23-12)14(20)16-10-13(19)18-4-6-21-7-5-18/h2-3,8H,4-7,9-10H2,1H3,(H,16,20)/t15-/m1/s1. The molecule has 0 aromatic carbocycles. The molecule has 0 spiro atoms. The number of morpholine rings is 1. The van der Waals surface area contributed by atoms with Crippen LogP contribution in [0.5, 0.6) is 0 Å². The summed E-state index contributed by atoms with van der Waals surface area (Å²) in [6, 6.07) is 3.87. The van der Waals surface area contributed by atoms with Gasteiger partial charge >= 0.3 is 0 Å². The van der Waals surface area contributed by atoms with Gasteiger partial charge in [-0.05, 0) is 18.4 Å². The first kappa shape index (κ1) is 15.9. The van der Waals surface area contributed by atoms with Crippen molar-refractivity contribution < 1.29 is 19.2 Å². The summed E-state index contributed by atoms with van der Waals surface area (Å²) in [6.45, 7) is 3.86. The van der Waals surface area contributed by atoms with Crippen LogP contribution in [0.15, 0.2) is 22.7 Å². The first-order valence-corrected chi connectivity index (χ1v) is 8.39. The number of thiophene rings is 1. The number of nitrogens with zero attached hydrogens (tertiary/aromatic N) is 2. The SMILES string of the molecule is C[C@]1(C(=O)NCC(=O)N2CCOCC2)CC(c2cccs2)=NO1. The molecule has 0 bridgehead atoms. The number of carbonyl (C=O) groups excluding carboxylic acids is 2. The average molecular weight is 337 g/mol. The van der Waals surface area contributed by atoms with Crippen molar-refractivity contribution >= 4 is 28.9 Å². The van der Waals surface area contributed by atoms with Gasteiger partial charge in [-0.15, -0.1) is 11.3 Å². The van der Waals surface area contributed by atoms with Crippen LogP contribution in [0.3, 0.4) is 0 Å². The second-order valence-corrected chi connectivity index (χ2v) is 6.64. The summed E-state index contributed by atoms with van der Waals surface area (Å²) in [5.41, 5.74) is -0.304. The molecule has 0 unspecified atom stereocenters. The molecule has 2 aliphatic rings. The molecule has 124 valence electrons. The molecule has 3 heterocycles. The van der Waals surface area contributed by atoms with Crippen LogP contribution in [-0.4, -0.2) is 60.9 Å². The Labute approximate surface area is 138 Å². The molecule has 0 saturated carbocycles. The van der Waals surface area contributed by atoms with Gasteiger partial charge in [0.05, 0.1) is 24.6 Å². The van der Waals surface area contributed by atoms with Gasteiger partial charge in [0, 0.05) is 19.5 Å². The molecule has 7 nitrogen and oxygen atoms in total. The summed E-state index contributed by atoms with van der Waals surface area (Å²) < 4.78 is 5.20. The fourth-order valence-corrected chi connectivity index (χ4v) is 3.21. The summed E-state index contributed by atoms with van der Waals surface area (Å²) >= 11 is 1.55. The van der Waals surface area contributed by atoms with Crippen LogP contribution >= 0.6 is 11.3 Å². The van der Waals surface area contributed by atoms with Gasteiger partial charge in [-0.3, -0.25) is 9.59 Å². The Morgan fingerprint density at radius 3 is 2.91 bits per heavy atom. The van der Waals surface area contributed by atoms with Crippen LogP contribution < -0.4 is 5.32 Å². The molecular weight excluding hydrogens is 318 g/mol. The highest BCUT2D eigenvalue weighted by atomic mass is 32.1. The predicted molar refractivity (Wildman–Crippen MR) is 85.4 cm³/mol. The number of rotatable bonds is 4. The van der Waals surface area contributed by atoms with Gasteiger partial charge in [-0.1, -0.05) is 11.2 Å². The highest BCUT2D eigenvalue weighted by molar-refractivity contribution is 7.12. The lowest BCUT2D eigenvalue weighted by Crippen LogP contribution is -2.50. The normalized spacial score (nSPS) is 24.0. The number of ether oxygens (including phenoxy) is 1. The minimum Gasteiger partial charge on any atom is -0.379 e. The summed E-state index contributed by atoms with van der Waals surface area (Å²) in [5.74, 6) is -0.433. The van der Waals surface area contributed by atoms with Crippen LogP contribution in [0.1, 0.15) is 18.2 Å². The molecule has 1 N–H and O–H groups in total. The fourth-order valence-electron chi connectivity index (χ4n) is 2.50. The van der Waals surface area contributed by atoms with Gasteiger partial charge in [0.25, 0.3) is 5.91 Å². The first-order valence-electron chi connectivity index (χ1n) is 7.51. The zero-order valence-corrected chi connectivity index (χ0v) is 13.7. The molecule has 1 aromatic rings. The number of carbonyl (C=O) groups is 2. The Kier molecular flexibility index (Phi) is 4.63. The molecule has 1 atom stereocenters. The quantitative estimate of drug-likeness (QED) is 0.873. The van der Waals surface area contributed by atoms with Crippen molar-refractivity contribution in [2.24, 2.45) is 5.16 Å². The topological polar surface area (TPSA) is 80.2 Å². The number of hydrogen-bond acceptors (Lipinski definition) is 6.